The van der Waals surface area contributed by atoms with Gasteiger partial charge in [-0.3, -0.25) is 9.69 Å². The lowest BCUT2D eigenvalue weighted by molar-refractivity contribution is -0.117. The van der Waals surface area contributed by atoms with Gasteiger partial charge in [0.25, 0.3) is 0 Å². The first-order valence-electron chi connectivity index (χ1n) is 5.80. The zero-order chi connectivity index (χ0) is 13.1. The van der Waals surface area contributed by atoms with Gasteiger partial charge in [0.1, 0.15) is 11.9 Å². The molecule has 1 fully saturated rings. The normalized spacial score (nSPS) is 24.4. The second-order valence-corrected chi connectivity index (χ2v) is 4.47. The molecule has 0 saturated carbocycles. The van der Waals surface area contributed by atoms with Crippen LogP contribution in [0.25, 0.3) is 0 Å². The summed E-state index contributed by atoms with van der Waals surface area (Å²) in [6.45, 7) is 1.80. The second-order valence-electron chi connectivity index (χ2n) is 4.47. The van der Waals surface area contributed by atoms with Crippen molar-refractivity contribution >= 4 is 11.7 Å². The Kier molecular flexibility index (Phi) is 3.93. The SMILES string of the molecule is Cc1cc(NC(=O)CN2C[C@@H](F)C[C@H]2CO)no1. The van der Waals surface area contributed by atoms with Crippen molar-refractivity contribution in [1.29, 1.82) is 0 Å². The second kappa shape index (κ2) is 5.45. The van der Waals surface area contributed by atoms with Gasteiger partial charge < -0.3 is 14.9 Å². The number of nitrogens with zero attached hydrogens (tertiary/aromatic N) is 2. The van der Waals surface area contributed by atoms with Crippen molar-refractivity contribution in [1.82, 2.24) is 10.1 Å². The number of anilines is 1. The quantitative estimate of drug-likeness (QED) is 0.812. The topological polar surface area (TPSA) is 78.6 Å². The number of carbonyl (C=O) groups excluding carboxylic acids is 1. The number of halogens is 1. The number of aliphatic hydroxyl groups is 1. The summed E-state index contributed by atoms with van der Waals surface area (Å²) in [7, 11) is 0. The number of carbonyl (C=O) groups is 1. The highest BCUT2D eigenvalue weighted by atomic mass is 19.1. The maximum Gasteiger partial charge on any atom is 0.239 e. The first kappa shape index (κ1) is 13.0. The van der Waals surface area contributed by atoms with Gasteiger partial charge in [-0.05, 0) is 13.3 Å². The van der Waals surface area contributed by atoms with Crippen molar-refractivity contribution in [3.8, 4) is 0 Å². The maximum atomic E-state index is 13.2. The van der Waals surface area contributed by atoms with Crippen molar-refractivity contribution in [2.24, 2.45) is 0 Å². The van der Waals surface area contributed by atoms with Crippen LogP contribution in [-0.2, 0) is 4.79 Å². The van der Waals surface area contributed by atoms with E-state index < -0.39 is 6.17 Å². The number of alkyl halides is 1. The average Bonchev–Trinajstić information content (AvgIpc) is 2.85. The molecule has 1 amide bonds. The van der Waals surface area contributed by atoms with Crippen LogP contribution < -0.4 is 5.32 Å². The number of likely N-dealkylation sites (tertiary alicyclic amines) is 1. The lowest BCUT2D eigenvalue weighted by Gasteiger charge is -2.20. The summed E-state index contributed by atoms with van der Waals surface area (Å²) in [5.41, 5.74) is 0. The fourth-order valence-corrected chi connectivity index (χ4v) is 2.10. The van der Waals surface area contributed by atoms with Crippen LogP contribution >= 0.6 is 0 Å². The minimum absolute atomic E-state index is 0.0392. The van der Waals surface area contributed by atoms with E-state index in [1.54, 1.807) is 17.9 Å². The van der Waals surface area contributed by atoms with Crippen LogP contribution in [0, 0.1) is 6.92 Å². The Balaban J connectivity index is 1.87. The van der Waals surface area contributed by atoms with Gasteiger partial charge >= 0.3 is 0 Å². The van der Waals surface area contributed by atoms with Gasteiger partial charge in [-0.2, -0.15) is 0 Å². The number of hydrogen-bond donors (Lipinski definition) is 2. The number of aryl methyl sites for hydroxylation is 1. The highest BCUT2D eigenvalue weighted by Gasteiger charge is 2.32. The standard InChI is InChI=1S/C11H16FN3O3/c1-7-2-10(14-18-7)13-11(17)5-15-4-8(12)3-9(15)6-16/h2,8-9,16H,3-6H2,1H3,(H,13,14,17)/t8-,9-/m0/s1. The van der Waals surface area contributed by atoms with E-state index in [0.29, 0.717) is 11.6 Å². The summed E-state index contributed by atoms with van der Waals surface area (Å²) in [5, 5.41) is 15.3. The van der Waals surface area contributed by atoms with Crippen LogP contribution in [0.1, 0.15) is 12.2 Å². The van der Waals surface area contributed by atoms with Gasteiger partial charge in [0.15, 0.2) is 5.82 Å². The molecule has 1 aliphatic rings. The van der Waals surface area contributed by atoms with Crippen molar-refractivity contribution in [2.45, 2.75) is 25.6 Å². The zero-order valence-corrected chi connectivity index (χ0v) is 10.1. The summed E-state index contributed by atoms with van der Waals surface area (Å²) in [5.74, 6) is 0.647. The van der Waals surface area contributed by atoms with Gasteiger partial charge in [0.2, 0.25) is 5.91 Å². The molecule has 0 radical (unpaired) electrons. The molecule has 0 aromatic carbocycles. The highest BCUT2D eigenvalue weighted by molar-refractivity contribution is 5.91. The Hall–Kier alpha value is -1.47. The molecule has 2 heterocycles. The van der Waals surface area contributed by atoms with Crippen LogP contribution in [0.5, 0.6) is 0 Å². The Morgan fingerprint density at radius 3 is 3.17 bits per heavy atom. The molecule has 0 spiro atoms. The first-order valence-corrected chi connectivity index (χ1v) is 5.80. The third kappa shape index (κ3) is 3.05. The molecule has 2 atom stereocenters. The van der Waals surface area contributed by atoms with Crippen LogP contribution in [-0.4, -0.2) is 53.0 Å². The molecule has 1 aromatic rings. The highest BCUT2D eigenvalue weighted by Crippen LogP contribution is 2.19. The summed E-state index contributed by atoms with van der Waals surface area (Å²) >= 11 is 0. The molecule has 0 aliphatic carbocycles. The third-order valence-corrected chi connectivity index (χ3v) is 2.93. The van der Waals surface area contributed by atoms with Crippen LogP contribution in [0.3, 0.4) is 0 Å². The molecule has 2 N–H and O–H groups in total. The minimum atomic E-state index is -0.982. The number of aliphatic hydroxyl groups excluding tert-OH is 1. The van der Waals surface area contributed by atoms with E-state index in [9.17, 15) is 9.18 Å². The van der Waals surface area contributed by atoms with Gasteiger partial charge in [-0.1, -0.05) is 5.16 Å². The molecule has 0 unspecified atom stereocenters. The Labute approximate surface area is 104 Å². The summed E-state index contributed by atoms with van der Waals surface area (Å²) < 4.78 is 18.0. The molecule has 1 aromatic heterocycles. The van der Waals surface area contributed by atoms with E-state index in [1.807, 2.05) is 0 Å². The molecule has 1 aliphatic heterocycles. The fourth-order valence-electron chi connectivity index (χ4n) is 2.10. The van der Waals surface area contributed by atoms with Crippen LogP contribution in [0.15, 0.2) is 10.6 Å². The van der Waals surface area contributed by atoms with Gasteiger partial charge in [-0.15, -0.1) is 0 Å². The maximum absolute atomic E-state index is 13.2. The van der Waals surface area contributed by atoms with E-state index in [1.165, 1.54) is 0 Å². The van der Waals surface area contributed by atoms with E-state index in [2.05, 4.69) is 10.5 Å². The number of rotatable bonds is 4. The number of nitrogens with one attached hydrogen (secondary N) is 1. The molecule has 1 saturated heterocycles. The summed E-state index contributed by atoms with van der Waals surface area (Å²) in [6, 6.07) is 1.31. The molecule has 6 nitrogen and oxygen atoms in total. The Morgan fingerprint density at radius 2 is 2.56 bits per heavy atom. The van der Waals surface area contributed by atoms with Crippen LogP contribution in [0.4, 0.5) is 10.2 Å². The van der Waals surface area contributed by atoms with Crippen LogP contribution in [0.2, 0.25) is 0 Å². The summed E-state index contributed by atoms with van der Waals surface area (Å²) in [4.78, 5) is 13.3. The Bertz CT molecular complexity index is 423. The van der Waals surface area contributed by atoms with Crippen molar-refractivity contribution in [3.63, 3.8) is 0 Å². The van der Waals surface area contributed by atoms with Crippen molar-refractivity contribution in [3.05, 3.63) is 11.8 Å². The largest absolute Gasteiger partial charge is 0.395 e. The fraction of sp³-hybridized carbons (Fsp3) is 0.636. The van der Waals surface area contributed by atoms with Gasteiger partial charge in [-0.25, -0.2) is 4.39 Å². The predicted molar refractivity (Wildman–Crippen MR) is 61.8 cm³/mol. The van der Waals surface area contributed by atoms with E-state index in [0.717, 1.165) is 0 Å². The molecule has 7 heteroatoms. The molecule has 18 heavy (non-hydrogen) atoms. The smallest absolute Gasteiger partial charge is 0.239 e. The van der Waals surface area contributed by atoms with E-state index in [-0.39, 0.29) is 38.1 Å². The van der Waals surface area contributed by atoms with E-state index in [4.69, 9.17) is 9.63 Å². The minimum Gasteiger partial charge on any atom is -0.395 e. The van der Waals surface area contributed by atoms with Crippen molar-refractivity contribution in [2.75, 3.05) is 25.0 Å². The number of aromatic nitrogens is 1. The molecule has 2 rings (SSSR count). The van der Waals surface area contributed by atoms with E-state index >= 15 is 0 Å². The predicted octanol–water partition coefficient (Wildman–Crippen LogP) is 0.326. The summed E-state index contributed by atoms with van der Waals surface area (Å²) in [6.07, 6.45) is -0.711. The Morgan fingerprint density at radius 1 is 1.78 bits per heavy atom. The monoisotopic (exact) mass is 257 g/mol. The third-order valence-electron chi connectivity index (χ3n) is 2.93. The molecule has 100 valence electrons. The average molecular weight is 257 g/mol. The lowest BCUT2D eigenvalue weighted by atomic mass is 10.2. The molecular formula is C11H16FN3O3. The lowest BCUT2D eigenvalue weighted by Crippen LogP contribution is -2.38. The number of hydrogen-bond acceptors (Lipinski definition) is 5. The first-order chi connectivity index (χ1) is 8.58. The molecule has 0 bridgehead atoms. The number of amides is 1. The van der Waals surface area contributed by atoms with Gasteiger partial charge in [0, 0.05) is 18.7 Å². The molecular weight excluding hydrogens is 241 g/mol. The van der Waals surface area contributed by atoms with Crippen molar-refractivity contribution < 1.29 is 18.8 Å². The van der Waals surface area contributed by atoms with Gasteiger partial charge in [0.05, 0.1) is 13.2 Å². The zero-order valence-electron chi connectivity index (χ0n) is 10.1.